The zero-order valence-corrected chi connectivity index (χ0v) is 9.53. The summed E-state index contributed by atoms with van der Waals surface area (Å²) in [5, 5.41) is 12.1. The number of aliphatic hydroxyl groups is 1. The van der Waals surface area contributed by atoms with Crippen molar-refractivity contribution < 1.29 is 14.7 Å². The molecule has 0 unspecified atom stereocenters. The molecule has 1 saturated heterocycles. The minimum atomic E-state index is -0.669. The Kier molecular flexibility index (Phi) is 4.26. The molecule has 1 rings (SSSR count). The predicted octanol–water partition coefficient (Wildman–Crippen LogP) is -1.57. The van der Waals surface area contributed by atoms with Crippen molar-refractivity contribution in [2.24, 2.45) is 5.73 Å². The summed E-state index contributed by atoms with van der Waals surface area (Å²) in [6, 6.07) is 0. The van der Waals surface area contributed by atoms with Crippen molar-refractivity contribution in [1.29, 1.82) is 0 Å². The molecular weight excluding hydrogens is 210 g/mol. The van der Waals surface area contributed by atoms with Gasteiger partial charge in [0, 0.05) is 13.1 Å². The summed E-state index contributed by atoms with van der Waals surface area (Å²) in [5.41, 5.74) is 4.43. The maximum Gasteiger partial charge on any atom is 0.241 e. The molecule has 16 heavy (non-hydrogen) atoms. The van der Waals surface area contributed by atoms with Crippen LogP contribution in [0.4, 0.5) is 0 Å². The third-order valence-electron chi connectivity index (χ3n) is 2.82. The Bertz CT molecular complexity index is 268. The van der Waals surface area contributed by atoms with E-state index >= 15 is 0 Å². The van der Waals surface area contributed by atoms with Crippen molar-refractivity contribution in [2.75, 3.05) is 26.2 Å². The normalized spacial score (nSPS) is 19.3. The second-order valence-electron chi connectivity index (χ2n) is 4.36. The fourth-order valence-corrected chi connectivity index (χ4v) is 1.60. The van der Waals surface area contributed by atoms with Gasteiger partial charge < -0.3 is 21.1 Å². The van der Waals surface area contributed by atoms with Crippen LogP contribution < -0.4 is 11.1 Å². The molecule has 1 aliphatic rings. The van der Waals surface area contributed by atoms with Gasteiger partial charge in [0.2, 0.25) is 11.8 Å². The molecule has 6 heteroatoms. The van der Waals surface area contributed by atoms with Crippen LogP contribution >= 0.6 is 0 Å². The molecule has 1 heterocycles. The number of nitrogens with one attached hydrogen (secondary N) is 1. The van der Waals surface area contributed by atoms with Crippen LogP contribution in [0.5, 0.6) is 0 Å². The number of rotatable bonds is 3. The van der Waals surface area contributed by atoms with Gasteiger partial charge in [-0.1, -0.05) is 0 Å². The van der Waals surface area contributed by atoms with Crippen molar-refractivity contribution in [2.45, 2.75) is 25.4 Å². The Morgan fingerprint density at radius 2 is 2.00 bits per heavy atom. The van der Waals surface area contributed by atoms with E-state index in [1.807, 2.05) is 0 Å². The van der Waals surface area contributed by atoms with Crippen LogP contribution in [-0.2, 0) is 9.59 Å². The summed E-state index contributed by atoms with van der Waals surface area (Å²) in [7, 11) is 0. The SMILES string of the molecule is CC1(O)CCN(C(=O)CNC(=O)CN)CC1. The van der Waals surface area contributed by atoms with Crippen LogP contribution in [0.2, 0.25) is 0 Å². The highest BCUT2D eigenvalue weighted by atomic mass is 16.3. The Balaban J connectivity index is 2.31. The number of nitrogens with two attached hydrogens (primary N) is 1. The van der Waals surface area contributed by atoms with Gasteiger partial charge in [-0.15, -0.1) is 0 Å². The number of carbonyl (C=O) groups is 2. The van der Waals surface area contributed by atoms with Crippen molar-refractivity contribution >= 4 is 11.8 Å². The first-order valence-electron chi connectivity index (χ1n) is 5.41. The van der Waals surface area contributed by atoms with Crippen molar-refractivity contribution in [3.8, 4) is 0 Å². The van der Waals surface area contributed by atoms with E-state index in [2.05, 4.69) is 5.32 Å². The molecule has 0 radical (unpaired) electrons. The monoisotopic (exact) mass is 229 g/mol. The Labute approximate surface area is 94.8 Å². The Hall–Kier alpha value is -1.14. The minimum Gasteiger partial charge on any atom is -0.390 e. The highest BCUT2D eigenvalue weighted by Gasteiger charge is 2.29. The molecule has 0 saturated carbocycles. The van der Waals surface area contributed by atoms with Gasteiger partial charge in [0.05, 0.1) is 18.7 Å². The number of likely N-dealkylation sites (tertiary alicyclic amines) is 1. The lowest BCUT2D eigenvalue weighted by Gasteiger charge is -2.35. The average molecular weight is 229 g/mol. The second kappa shape index (κ2) is 5.27. The van der Waals surface area contributed by atoms with Gasteiger partial charge >= 0.3 is 0 Å². The van der Waals surface area contributed by atoms with Crippen LogP contribution in [-0.4, -0.2) is 53.6 Å². The van der Waals surface area contributed by atoms with Gasteiger partial charge in [-0.3, -0.25) is 9.59 Å². The summed E-state index contributed by atoms with van der Waals surface area (Å²) in [4.78, 5) is 24.1. The van der Waals surface area contributed by atoms with Crippen LogP contribution in [0.25, 0.3) is 0 Å². The minimum absolute atomic E-state index is 0.0157. The predicted molar refractivity (Wildman–Crippen MR) is 58.5 cm³/mol. The van der Waals surface area contributed by atoms with Gasteiger partial charge in [0.15, 0.2) is 0 Å². The van der Waals surface area contributed by atoms with Crippen molar-refractivity contribution in [3.63, 3.8) is 0 Å². The summed E-state index contributed by atoms with van der Waals surface area (Å²) in [5.74, 6) is -0.463. The molecule has 0 aromatic carbocycles. The van der Waals surface area contributed by atoms with Gasteiger partial charge in [0.1, 0.15) is 0 Å². The maximum absolute atomic E-state index is 11.6. The number of piperidine rings is 1. The van der Waals surface area contributed by atoms with Crippen molar-refractivity contribution in [3.05, 3.63) is 0 Å². The lowest BCUT2D eigenvalue weighted by atomic mass is 9.94. The molecule has 1 fully saturated rings. The Morgan fingerprint density at radius 3 is 2.50 bits per heavy atom. The molecule has 92 valence electrons. The van der Waals surface area contributed by atoms with E-state index in [4.69, 9.17) is 5.73 Å². The summed E-state index contributed by atoms with van der Waals surface area (Å²) >= 11 is 0. The smallest absolute Gasteiger partial charge is 0.241 e. The third-order valence-corrected chi connectivity index (χ3v) is 2.82. The molecule has 0 spiro atoms. The van der Waals surface area contributed by atoms with Crippen LogP contribution in [0.15, 0.2) is 0 Å². The number of hydrogen-bond acceptors (Lipinski definition) is 4. The summed E-state index contributed by atoms with van der Waals surface area (Å²) in [6.45, 7) is 2.71. The molecule has 0 atom stereocenters. The molecule has 0 aromatic heterocycles. The van der Waals surface area contributed by atoms with Crippen LogP contribution in [0, 0.1) is 0 Å². The molecule has 2 amide bonds. The Morgan fingerprint density at radius 1 is 1.44 bits per heavy atom. The number of carbonyl (C=O) groups excluding carboxylic acids is 2. The first-order chi connectivity index (χ1) is 7.44. The van der Waals surface area contributed by atoms with E-state index in [1.54, 1.807) is 11.8 Å². The van der Waals surface area contributed by atoms with Gasteiger partial charge in [-0.25, -0.2) is 0 Å². The van der Waals surface area contributed by atoms with Gasteiger partial charge in [-0.2, -0.15) is 0 Å². The van der Waals surface area contributed by atoms with E-state index in [0.717, 1.165) is 0 Å². The number of hydrogen-bond donors (Lipinski definition) is 3. The number of nitrogens with zero attached hydrogens (tertiary/aromatic N) is 1. The quantitative estimate of drug-likeness (QED) is 0.545. The zero-order valence-electron chi connectivity index (χ0n) is 9.53. The lowest BCUT2D eigenvalue weighted by molar-refractivity contribution is -0.135. The van der Waals surface area contributed by atoms with Crippen LogP contribution in [0.1, 0.15) is 19.8 Å². The van der Waals surface area contributed by atoms with Gasteiger partial charge in [-0.05, 0) is 19.8 Å². The van der Waals surface area contributed by atoms with E-state index in [0.29, 0.717) is 25.9 Å². The topological polar surface area (TPSA) is 95.7 Å². The summed E-state index contributed by atoms with van der Waals surface area (Å²) < 4.78 is 0. The first-order valence-corrected chi connectivity index (χ1v) is 5.41. The maximum atomic E-state index is 11.6. The average Bonchev–Trinajstić information content (AvgIpc) is 2.25. The van der Waals surface area contributed by atoms with Crippen LogP contribution in [0.3, 0.4) is 0 Å². The fourth-order valence-electron chi connectivity index (χ4n) is 1.60. The molecule has 1 aliphatic heterocycles. The standard InChI is InChI=1S/C10H19N3O3/c1-10(16)2-4-13(5-3-10)9(15)7-12-8(14)6-11/h16H,2-7,11H2,1H3,(H,12,14). The molecule has 0 bridgehead atoms. The van der Waals surface area contributed by atoms with Crippen molar-refractivity contribution in [1.82, 2.24) is 10.2 Å². The second-order valence-corrected chi connectivity index (χ2v) is 4.36. The molecule has 6 nitrogen and oxygen atoms in total. The van der Waals surface area contributed by atoms with Gasteiger partial charge in [0.25, 0.3) is 0 Å². The van der Waals surface area contributed by atoms with E-state index in [-0.39, 0.29) is 24.9 Å². The third kappa shape index (κ3) is 3.79. The fraction of sp³-hybridized carbons (Fsp3) is 0.800. The zero-order chi connectivity index (χ0) is 12.2. The summed E-state index contributed by atoms with van der Waals surface area (Å²) in [6.07, 6.45) is 1.15. The highest BCUT2D eigenvalue weighted by molar-refractivity contribution is 5.85. The number of amides is 2. The largest absolute Gasteiger partial charge is 0.390 e. The molecule has 0 aliphatic carbocycles. The first kappa shape index (κ1) is 12.9. The van der Waals surface area contributed by atoms with E-state index in [1.165, 1.54) is 0 Å². The van der Waals surface area contributed by atoms with E-state index < -0.39 is 5.60 Å². The molecule has 4 N–H and O–H groups in total. The lowest BCUT2D eigenvalue weighted by Crippen LogP contribution is -2.48. The highest BCUT2D eigenvalue weighted by Crippen LogP contribution is 2.20. The molecule has 0 aromatic rings. The van der Waals surface area contributed by atoms with E-state index in [9.17, 15) is 14.7 Å². The molecular formula is C10H19N3O3.